The number of carbonyl (C=O) groups is 2. The van der Waals surface area contributed by atoms with Gasteiger partial charge in [-0.15, -0.1) is 0 Å². The van der Waals surface area contributed by atoms with Gasteiger partial charge in [-0.2, -0.15) is 26.3 Å². The van der Waals surface area contributed by atoms with Crippen LogP contribution in [0.15, 0.2) is 66.9 Å². The first kappa shape index (κ1) is 38.1. The number of rotatable bonds is 10. The molecule has 0 aliphatic carbocycles. The van der Waals surface area contributed by atoms with Crippen molar-refractivity contribution in [3.8, 4) is 11.3 Å². The quantitative estimate of drug-likeness (QED) is 0.159. The van der Waals surface area contributed by atoms with Crippen LogP contribution in [0.25, 0.3) is 32.8 Å². The number of halogens is 6. The highest BCUT2D eigenvalue weighted by Gasteiger charge is 2.61. The molecule has 288 valence electrons. The lowest BCUT2D eigenvalue weighted by atomic mass is 9.76. The highest BCUT2D eigenvalue weighted by atomic mass is 19.4. The fourth-order valence-electron chi connectivity index (χ4n) is 9.18. The van der Waals surface area contributed by atoms with Gasteiger partial charge in [0.05, 0.1) is 12.2 Å². The maximum Gasteiger partial charge on any atom is 0.403 e. The van der Waals surface area contributed by atoms with E-state index in [1.807, 2.05) is 24.3 Å². The van der Waals surface area contributed by atoms with Crippen molar-refractivity contribution in [2.24, 2.45) is 11.3 Å². The largest absolute Gasteiger partial charge is 0.480 e. The zero-order valence-corrected chi connectivity index (χ0v) is 30.0. The Labute approximate surface area is 309 Å². The topological polar surface area (TPSA) is 85.8 Å². The summed E-state index contributed by atoms with van der Waals surface area (Å²) in [5.74, 6) is -2.37. The molecule has 0 spiro atoms. The van der Waals surface area contributed by atoms with Crippen molar-refractivity contribution in [3.63, 3.8) is 0 Å². The van der Waals surface area contributed by atoms with Gasteiger partial charge < -0.3 is 15.3 Å². The zero-order chi connectivity index (χ0) is 38.4. The number of carboxylic acids is 1. The number of aromatic nitrogens is 1. The molecule has 1 aromatic heterocycles. The Bertz CT molecular complexity index is 2010. The molecule has 0 saturated carbocycles. The molecular formula is C41H44F6N4O3. The summed E-state index contributed by atoms with van der Waals surface area (Å²) < 4.78 is 82.1. The number of carbonyl (C=O) groups excluding carboxylic acids is 1. The van der Waals surface area contributed by atoms with Crippen molar-refractivity contribution in [3.05, 3.63) is 78.0 Å². The van der Waals surface area contributed by atoms with Gasteiger partial charge in [-0.3, -0.25) is 14.7 Å². The Morgan fingerprint density at radius 3 is 2.28 bits per heavy atom. The van der Waals surface area contributed by atoms with Crippen LogP contribution >= 0.6 is 0 Å². The average Bonchev–Trinajstić information content (AvgIpc) is 3.31. The summed E-state index contributed by atoms with van der Waals surface area (Å²) in [6.07, 6.45) is -2.97. The summed E-state index contributed by atoms with van der Waals surface area (Å²) in [6.45, 7) is -2.61. The lowest BCUT2D eigenvalue weighted by Crippen LogP contribution is -2.59. The second kappa shape index (κ2) is 14.8. The summed E-state index contributed by atoms with van der Waals surface area (Å²) in [7, 11) is 2.25. The number of fused-ring (bicyclic) bond motifs is 4. The van der Waals surface area contributed by atoms with Crippen LogP contribution in [0.3, 0.4) is 0 Å². The van der Waals surface area contributed by atoms with Crippen LogP contribution in [-0.4, -0.2) is 88.9 Å². The number of hydrogen-bond acceptors (Lipinski definition) is 5. The van der Waals surface area contributed by atoms with Crippen molar-refractivity contribution in [2.75, 3.05) is 26.7 Å². The van der Waals surface area contributed by atoms with Gasteiger partial charge in [0.1, 0.15) is 11.5 Å². The Hall–Kier alpha value is -4.23. The molecule has 7 nitrogen and oxygen atoms in total. The van der Waals surface area contributed by atoms with E-state index in [1.165, 1.54) is 31.2 Å². The van der Waals surface area contributed by atoms with Crippen molar-refractivity contribution < 1.29 is 41.0 Å². The molecule has 3 atom stereocenters. The molecule has 2 unspecified atom stereocenters. The van der Waals surface area contributed by atoms with E-state index >= 15 is 0 Å². The van der Waals surface area contributed by atoms with Crippen LogP contribution in [0.2, 0.25) is 0 Å². The lowest BCUT2D eigenvalue weighted by molar-refractivity contribution is -0.236. The Morgan fingerprint density at radius 2 is 1.61 bits per heavy atom. The summed E-state index contributed by atoms with van der Waals surface area (Å²) in [5.41, 5.74) is 0.270. The molecule has 4 aromatic rings. The first-order valence-corrected chi connectivity index (χ1v) is 18.6. The molecule has 54 heavy (non-hydrogen) atoms. The van der Waals surface area contributed by atoms with Crippen LogP contribution < -0.4 is 5.32 Å². The lowest BCUT2D eigenvalue weighted by Gasteiger charge is -2.42. The molecule has 7 rings (SSSR count). The highest BCUT2D eigenvalue weighted by molar-refractivity contribution is 6.05. The minimum Gasteiger partial charge on any atom is -0.480 e. The second-order valence-electron chi connectivity index (χ2n) is 15.5. The Balaban J connectivity index is 1.12. The van der Waals surface area contributed by atoms with Crippen molar-refractivity contribution in [1.29, 1.82) is 0 Å². The third-order valence-corrected chi connectivity index (χ3v) is 12.3. The Morgan fingerprint density at radius 1 is 0.926 bits per heavy atom. The number of amides is 1. The molecule has 3 saturated heterocycles. The molecule has 3 aromatic carbocycles. The van der Waals surface area contributed by atoms with Crippen LogP contribution in [0, 0.1) is 11.3 Å². The molecule has 4 heterocycles. The number of benzene rings is 3. The molecule has 3 fully saturated rings. The van der Waals surface area contributed by atoms with E-state index < -0.39 is 68.2 Å². The number of likely N-dealkylation sites (tertiary alicyclic amines) is 1. The van der Waals surface area contributed by atoms with Crippen molar-refractivity contribution >= 4 is 33.4 Å². The molecule has 1 amide bonds. The fourth-order valence-corrected chi connectivity index (χ4v) is 9.18. The SMILES string of the molecule is CN1C2CCC1CC(CCc1ccc3ccnc(-c4cccc5c(C[C@H](NC(=O)C6(C(F)(F)F)CCN(CC(F)(F)F)CC6)C(=O)O)cccc45)c3c1)C2. The van der Waals surface area contributed by atoms with Crippen LogP contribution in [0.1, 0.15) is 56.1 Å². The monoisotopic (exact) mass is 754 g/mol. The van der Waals surface area contributed by atoms with Gasteiger partial charge >= 0.3 is 18.3 Å². The predicted molar refractivity (Wildman–Crippen MR) is 194 cm³/mol. The number of carboxylic acid groups (broad SMARTS) is 1. The number of nitrogens with zero attached hydrogens (tertiary/aromatic N) is 3. The number of aliphatic carboxylic acids is 1. The predicted octanol–water partition coefficient (Wildman–Crippen LogP) is 8.18. The van der Waals surface area contributed by atoms with Gasteiger partial charge in [-0.25, -0.2) is 4.79 Å². The number of aryl methyl sites for hydroxylation is 1. The molecule has 3 aliphatic rings. The summed E-state index contributed by atoms with van der Waals surface area (Å²) in [4.78, 5) is 34.0. The van der Waals surface area contributed by atoms with Crippen LogP contribution in [0.5, 0.6) is 0 Å². The molecule has 2 bridgehead atoms. The molecule has 0 radical (unpaired) electrons. The third kappa shape index (κ3) is 7.66. The van der Waals surface area contributed by atoms with E-state index in [0.717, 1.165) is 45.2 Å². The smallest absolute Gasteiger partial charge is 0.403 e. The van der Waals surface area contributed by atoms with Gasteiger partial charge in [0.25, 0.3) is 0 Å². The standard InChI is InChI=1S/C41H44F6N4O3/c1-50-29-12-13-30(50)21-26(20-29)9-8-25-10-11-27-14-17-48-36(34(27)22-25)33-7-3-5-31-28(4-2-6-32(31)33)23-35(37(52)53)49-38(54)39(41(45,46)47)15-18-51(19-16-39)24-40(42,43)44/h2-7,10-11,14,17,22,26,29-30,35H,8-9,12-13,15-16,18-21,23-24H2,1H3,(H,49,54)(H,52,53)/t26?,29?,30?,35-/m0/s1. The highest BCUT2D eigenvalue weighted by Crippen LogP contribution is 2.47. The molecule has 3 aliphatic heterocycles. The first-order valence-electron chi connectivity index (χ1n) is 18.6. The van der Waals surface area contributed by atoms with Crippen molar-refractivity contribution in [2.45, 2.75) is 88.3 Å². The molecular weight excluding hydrogens is 710 g/mol. The van der Waals surface area contributed by atoms with E-state index in [0.29, 0.717) is 29.0 Å². The van der Waals surface area contributed by atoms with Crippen LogP contribution in [0.4, 0.5) is 26.3 Å². The zero-order valence-electron chi connectivity index (χ0n) is 30.0. The maximum absolute atomic E-state index is 14.5. The van der Waals surface area contributed by atoms with E-state index in [-0.39, 0.29) is 6.42 Å². The van der Waals surface area contributed by atoms with E-state index in [4.69, 9.17) is 4.98 Å². The van der Waals surface area contributed by atoms with E-state index in [2.05, 4.69) is 35.5 Å². The number of alkyl halides is 6. The van der Waals surface area contributed by atoms with E-state index in [9.17, 15) is 41.0 Å². The minimum atomic E-state index is -5.10. The first-order chi connectivity index (χ1) is 25.6. The molecule has 13 heteroatoms. The average molecular weight is 755 g/mol. The number of hydrogen-bond donors (Lipinski definition) is 2. The normalized spacial score (nSPS) is 22.8. The fraction of sp³-hybridized carbons (Fsp3) is 0.488. The van der Waals surface area contributed by atoms with Gasteiger partial charge in [0, 0.05) is 35.7 Å². The van der Waals surface area contributed by atoms with Crippen LogP contribution in [-0.2, 0) is 22.4 Å². The van der Waals surface area contributed by atoms with Gasteiger partial charge in [0.15, 0.2) is 0 Å². The van der Waals surface area contributed by atoms with Gasteiger partial charge in [0.2, 0.25) is 5.91 Å². The third-order valence-electron chi connectivity index (χ3n) is 12.3. The summed E-state index contributed by atoms with van der Waals surface area (Å²) >= 11 is 0. The number of nitrogens with one attached hydrogen (secondary N) is 1. The van der Waals surface area contributed by atoms with Gasteiger partial charge in [-0.05, 0) is 117 Å². The maximum atomic E-state index is 14.5. The molecule has 2 N–H and O–H groups in total. The number of piperidine rings is 2. The second-order valence-corrected chi connectivity index (χ2v) is 15.5. The number of pyridine rings is 1. The van der Waals surface area contributed by atoms with Crippen molar-refractivity contribution in [1.82, 2.24) is 20.1 Å². The minimum absolute atomic E-state index is 0.318. The van der Waals surface area contributed by atoms with E-state index in [1.54, 1.807) is 24.4 Å². The summed E-state index contributed by atoms with van der Waals surface area (Å²) in [6, 6.07) is 18.9. The summed E-state index contributed by atoms with van der Waals surface area (Å²) in [5, 5.41) is 15.7. The van der Waals surface area contributed by atoms with Gasteiger partial charge in [-0.1, -0.05) is 48.5 Å². The Kier molecular flexibility index (Phi) is 10.4.